The molecule has 29 heavy (non-hydrogen) atoms. The molecule has 0 fully saturated rings. The average Bonchev–Trinajstić information content (AvgIpc) is 3.13. The molecule has 1 aromatic heterocycles. The topological polar surface area (TPSA) is 62.5 Å². The van der Waals surface area contributed by atoms with Gasteiger partial charge in [-0.05, 0) is 25.1 Å². The summed E-state index contributed by atoms with van der Waals surface area (Å²) in [5.74, 6) is 0.100. The number of rotatable bonds is 1. The van der Waals surface area contributed by atoms with E-state index in [1.807, 2.05) is 0 Å². The van der Waals surface area contributed by atoms with Gasteiger partial charge in [0.15, 0.2) is 0 Å². The fourth-order valence-electron chi connectivity index (χ4n) is 3.29. The molecule has 150 valence electrons. The molecule has 0 spiro atoms. The molecule has 0 radical (unpaired) electrons. The first-order valence-corrected chi connectivity index (χ1v) is 9.06. The molecule has 0 aliphatic carbocycles. The zero-order valence-corrected chi connectivity index (χ0v) is 15.9. The molecule has 2 aliphatic rings. The number of fused-ring (bicyclic) bond motifs is 1. The van der Waals surface area contributed by atoms with E-state index in [1.165, 1.54) is 23.2 Å². The summed E-state index contributed by atoms with van der Waals surface area (Å²) >= 11 is 5.92. The number of hydrogen-bond acceptors (Lipinski definition) is 4. The molecule has 1 unspecified atom stereocenters. The Morgan fingerprint density at radius 1 is 1.34 bits per heavy atom. The number of amides is 1. The minimum Gasteiger partial charge on any atom is -0.382 e. The fraction of sp³-hybridized carbons (Fsp3) is 0.211. The summed E-state index contributed by atoms with van der Waals surface area (Å²) < 4.78 is 41.2. The Morgan fingerprint density at radius 3 is 2.83 bits per heavy atom. The Labute approximate surface area is 169 Å². The van der Waals surface area contributed by atoms with Crippen molar-refractivity contribution in [2.45, 2.75) is 19.1 Å². The molecule has 6 nitrogen and oxygen atoms in total. The van der Waals surface area contributed by atoms with Crippen molar-refractivity contribution in [3.8, 4) is 0 Å². The second-order valence-electron chi connectivity index (χ2n) is 6.50. The van der Waals surface area contributed by atoms with Crippen LogP contribution in [0.1, 0.15) is 40.3 Å². The zero-order valence-electron chi connectivity index (χ0n) is 15.1. The molecule has 0 bridgehead atoms. The molecule has 1 aromatic carbocycles. The summed E-state index contributed by atoms with van der Waals surface area (Å²) in [7, 11) is 0. The average molecular weight is 422 g/mol. The van der Waals surface area contributed by atoms with E-state index < -0.39 is 28.7 Å². The Balaban J connectivity index is 1.68. The number of aromatic nitrogens is 2. The molecular formula is C19H15ClF3N5O. The van der Waals surface area contributed by atoms with Gasteiger partial charge in [-0.1, -0.05) is 17.7 Å². The highest BCUT2D eigenvalue weighted by molar-refractivity contribution is 6.34. The summed E-state index contributed by atoms with van der Waals surface area (Å²) in [5, 5.41) is 2.44. The molecule has 1 amide bonds. The number of nitrogens with one attached hydrogen (secondary N) is 1. The number of nitrogens with zero attached hydrogens (tertiary/aromatic N) is 4. The second kappa shape index (κ2) is 7.07. The summed E-state index contributed by atoms with van der Waals surface area (Å²) in [6.45, 7) is 2.27. The third-order valence-corrected chi connectivity index (χ3v) is 5.17. The molecule has 0 saturated heterocycles. The maximum Gasteiger partial charge on any atom is 0.417 e. The van der Waals surface area contributed by atoms with Gasteiger partial charge in [0.05, 0.1) is 40.1 Å². The van der Waals surface area contributed by atoms with Crippen LogP contribution < -0.4 is 5.32 Å². The number of carbonyl (C=O) groups is 1. The molecule has 10 heteroatoms. The predicted molar refractivity (Wildman–Crippen MR) is 102 cm³/mol. The molecule has 0 saturated carbocycles. The summed E-state index contributed by atoms with van der Waals surface area (Å²) in [4.78, 5) is 23.0. The first-order chi connectivity index (χ1) is 13.8. The number of carbonyl (C=O) groups excluding carboxylic acids is 1. The second-order valence-corrected chi connectivity index (χ2v) is 6.87. The van der Waals surface area contributed by atoms with Crippen molar-refractivity contribution in [2.75, 3.05) is 6.54 Å². The smallest absolute Gasteiger partial charge is 0.382 e. The summed E-state index contributed by atoms with van der Waals surface area (Å²) in [5.41, 5.74) is 0.111. The Hall–Kier alpha value is -3.07. The van der Waals surface area contributed by atoms with E-state index in [4.69, 9.17) is 11.6 Å². The minimum atomic E-state index is -4.65. The minimum absolute atomic E-state index is 0.216. The standard InChI is InChI=1S/C19H15ClF3N5O/c1-11-17-14(28(10-26-17)15-9-24-6-7-25-15)5-8-27(11)18(29)12-3-2-4-13(16(12)20)19(21,22)23/h2-8,10-11,24H,9H2,1H3. The van der Waals surface area contributed by atoms with Gasteiger partial charge in [0.25, 0.3) is 5.91 Å². The van der Waals surface area contributed by atoms with Crippen molar-refractivity contribution in [3.05, 3.63) is 70.7 Å². The van der Waals surface area contributed by atoms with Gasteiger partial charge in [0.2, 0.25) is 0 Å². The van der Waals surface area contributed by atoms with Gasteiger partial charge in [-0.2, -0.15) is 13.2 Å². The molecule has 2 aromatic rings. The summed E-state index contributed by atoms with van der Waals surface area (Å²) in [6, 6.07) is 2.80. The number of halogens is 4. The van der Waals surface area contributed by atoms with Gasteiger partial charge < -0.3 is 10.2 Å². The van der Waals surface area contributed by atoms with Crippen molar-refractivity contribution in [2.24, 2.45) is 4.99 Å². The van der Waals surface area contributed by atoms with Crippen molar-refractivity contribution in [1.29, 1.82) is 0 Å². The lowest BCUT2D eigenvalue weighted by Crippen LogP contribution is -2.33. The molecule has 3 heterocycles. The maximum atomic E-state index is 13.1. The monoisotopic (exact) mass is 421 g/mol. The lowest BCUT2D eigenvalue weighted by atomic mass is 10.0. The SMILES string of the molecule is CC1c2ncn(C3=NC=CNC3)c2C=CN1C(=O)c1cccc(C(F)(F)F)c1Cl. The highest BCUT2D eigenvalue weighted by Crippen LogP contribution is 2.38. The quantitative estimate of drug-likeness (QED) is 0.755. The molecule has 4 rings (SSSR count). The Morgan fingerprint density at radius 2 is 2.14 bits per heavy atom. The lowest BCUT2D eigenvalue weighted by Gasteiger charge is -2.29. The number of hydrogen-bond donors (Lipinski definition) is 1. The van der Waals surface area contributed by atoms with E-state index in [1.54, 1.807) is 36.3 Å². The number of alkyl halides is 3. The third kappa shape index (κ3) is 3.31. The lowest BCUT2D eigenvalue weighted by molar-refractivity contribution is -0.137. The van der Waals surface area contributed by atoms with Crippen LogP contribution in [0, 0.1) is 0 Å². The molecule has 1 atom stereocenters. The van der Waals surface area contributed by atoms with Crippen LogP contribution in [0.5, 0.6) is 0 Å². The van der Waals surface area contributed by atoms with Crippen LogP contribution in [-0.4, -0.2) is 32.7 Å². The van der Waals surface area contributed by atoms with E-state index in [9.17, 15) is 18.0 Å². The van der Waals surface area contributed by atoms with Crippen molar-refractivity contribution in [1.82, 2.24) is 19.8 Å². The van der Waals surface area contributed by atoms with Gasteiger partial charge in [0, 0.05) is 18.6 Å². The third-order valence-electron chi connectivity index (χ3n) is 4.76. The summed E-state index contributed by atoms with van der Waals surface area (Å²) in [6.07, 6.45) is 3.53. The van der Waals surface area contributed by atoms with Crippen LogP contribution in [0.3, 0.4) is 0 Å². The van der Waals surface area contributed by atoms with Gasteiger partial charge in [-0.25, -0.2) is 9.98 Å². The van der Waals surface area contributed by atoms with E-state index in [-0.39, 0.29) is 5.56 Å². The first kappa shape index (κ1) is 19.3. The normalized spacial score (nSPS) is 18.3. The van der Waals surface area contributed by atoms with Crippen molar-refractivity contribution >= 4 is 29.4 Å². The maximum absolute atomic E-state index is 13.1. The Bertz CT molecular complexity index is 1070. The molecule has 2 aliphatic heterocycles. The molecular weight excluding hydrogens is 407 g/mol. The molecule has 1 N–H and O–H groups in total. The highest BCUT2D eigenvalue weighted by atomic mass is 35.5. The Kier molecular flexibility index (Phi) is 4.70. The van der Waals surface area contributed by atoms with Gasteiger partial charge in [-0.15, -0.1) is 0 Å². The van der Waals surface area contributed by atoms with Crippen LogP contribution >= 0.6 is 11.6 Å². The van der Waals surface area contributed by atoms with E-state index >= 15 is 0 Å². The number of aliphatic imine (C=N–C) groups is 1. The first-order valence-electron chi connectivity index (χ1n) is 8.68. The van der Waals surface area contributed by atoms with Crippen LogP contribution in [0.25, 0.3) is 6.08 Å². The van der Waals surface area contributed by atoms with Gasteiger partial charge in [-0.3, -0.25) is 9.36 Å². The van der Waals surface area contributed by atoms with Crippen molar-refractivity contribution in [3.63, 3.8) is 0 Å². The van der Waals surface area contributed by atoms with E-state index in [2.05, 4.69) is 15.3 Å². The van der Waals surface area contributed by atoms with Gasteiger partial charge in [0.1, 0.15) is 12.2 Å². The number of benzene rings is 1. The van der Waals surface area contributed by atoms with E-state index in [0.29, 0.717) is 12.2 Å². The van der Waals surface area contributed by atoms with Crippen LogP contribution in [0.15, 0.2) is 48.1 Å². The van der Waals surface area contributed by atoms with E-state index in [0.717, 1.165) is 17.6 Å². The fourth-order valence-corrected chi connectivity index (χ4v) is 3.61. The largest absolute Gasteiger partial charge is 0.417 e. The highest BCUT2D eigenvalue weighted by Gasteiger charge is 2.36. The van der Waals surface area contributed by atoms with Crippen LogP contribution in [0.4, 0.5) is 13.2 Å². The van der Waals surface area contributed by atoms with Gasteiger partial charge >= 0.3 is 6.18 Å². The number of imidazole rings is 1. The van der Waals surface area contributed by atoms with Crippen LogP contribution in [0.2, 0.25) is 5.02 Å². The predicted octanol–water partition coefficient (Wildman–Crippen LogP) is 4.06. The van der Waals surface area contributed by atoms with Crippen LogP contribution in [-0.2, 0) is 6.18 Å². The van der Waals surface area contributed by atoms with Crippen molar-refractivity contribution < 1.29 is 18.0 Å². The zero-order chi connectivity index (χ0) is 20.8.